The highest BCUT2D eigenvalue weighted by Crippen LogP contribution is 2.46. The lowest BCUT2D eigenvalue weighted by Crippen LogP contribution is -2.41. The highest BCUT2D eigenvalue weighted by molar-refractivity contribution is 5.69. The minimum absolute atomic E-state index is 0.149. The Balaban J connectivity index is 1.43. The van der Waals surface area contributed by atoms with Crippen molar-refractivity contribution >= 4 is 6.09 Å². The molecule has 1 N–H and O–H groups in total. The minimum Gasteiger partial charge on any atom is -0.444 e. The van der Waals surface area contributed by atoms with Crippen LogP contribution in [0.1, 0.15) is 27.2 Å². The van der Waals surface area contributed by atoms with Gasteiger partial charge in [0.15, 0.2) is 0 Å². The van der Waals surface area contributed by atoms with Gasteiger partial charge in [0.25, 0.3) is 0 Å². The molecule has 3 aliphatic rings. The molecule has 2 saturated heterocycles. The van der Waals surface area contributed by atoms with Gasteiger partial charge in [0.05, 0.1) is 0 Å². The van der Waals surface area contributed by atoms with E-state index in [1.165, 1.54) is 13.0 Å². The fraction of sp³-hybridized carbons (Fsp3) is 0.933. The molecule has 3 fully saturated rings. The Morgan fingerprint density at radius 3 is 2.35 bits per heavy atom. The summed E-state index contributed by atoms with van der Waals surface area (Å²) in [5.74, 6) is 1.29. The predicted molar refractivity (Wildman–Crippen MR) is 77.6 cm³/mol. The first-order valence-electron chi connectivity index (χ1n) is 7.76. The predicted octanol–water partition coefficient (Wildman–Crippen LogP) is 1.15. The Hall–Kier alpha value is -0.810. The molecule has 3 rings (SSSR count). The van der Waals surface area contributed by atoms with E-state index in [4.69, 9.17) is 4.74 Å². The summed E-state index contributed by atoms with van der Waals surface area (Å²) in [5, 5.41) is 3.77. The van der Waals surface area contributed by atoms with Crippen LogP contribution in [0.2, 0.25) is 0 Å². The number of hydrogen-bond donors (Lipinski definition) is 1. The maximum Gasteiger partial charge on any atom is 0.410 e. The Kier molecular flexibility index (Phi) is 3.45. The maximum absolute atomic E-state index is 12.0. The molecule has 5 heteroatoms. The van der Waals surface area contributed by atoms with Crippen LogP contribution >= 0.6 is 0 Å². The van der Waals surface area contributed by atoms with E-state index in [0.29, 0.717) is 23.9 Å². The zero-order valence-corrected chi connectivity index (χ0v) is 13.1. The largest absolute Gasteiger partial charge is 0.444 e. The van der Waals surface area contributed by atoms with E-state index in [1.807, 2.05) is 25.7 Å². The molecule has 1 aliphatic carbocycles. The average Bonchev–Trinajstić information content (AvgIpc) is 2.72. The first-order chi connectivity index (χ1) is 9.33. The summed E-state index contributed by atoms with van der Waals surface area (Å²) in [7, 11) is 2.18. The van der Waals surface area contributed by atoms with Crippen molar-refractivity contribution in [2.24, 2.45) is 11.8 Å². The van der Waals surface area contributed by atoms with Gasteiger partial charge in [0.2, 0.25) is 0 Å². The fourth-order valence-electron chi connectivity index (χ4n) is 3.59. The van der Waals surface area contributed by atoms with Crippen LogP contribution in [0, 0.1) is 11.8 Å². The van der Waals surface area contributed by atoms with Crippen LogP contribution in [0.25, 0.3) is 0 Å². The van der Waals surface area contributed by atoms with E-state index >= 15 is 0 Å². The Morgan fingerprint density at radius 1 is 1.20 bits per heavy atom. The molecule has 20 heavy (non-hydrogen) atoms. The van der Waals surface area contributed by atoms with Gasteiger partial charge >= 0.3 is 6.09 Å². The molecule has 1 saturated carbocycles. The number of hydrogen-bond acceptors (Lipinski definition) is 4. The smallest absolute Gasteiger partial charge is 0.410 e. The molecule has 0 bridgehead atoms. The number of rotatable bonds is 2. The van der Waals surface area contributed by atoms with Crippen LogP contribution < -0.4 is 5.32 Å². The molecule has 0 aromatic rings. The summed E-state index contributed by atoms with van der Waals surface area (Å²) in [4.78, 5) is 16.3. The van der Waals surface area contributed by atoms with Crippen molar-refractivity contribution in [2.75, 3.05) is 33.2 Å². The van der Waals surface area contributed by atoms with Crippen molar-refractivity contribution in [2.45, 2.75) is 44.9 Å². The fourth-order valence-corrected chi connectivity index (χ4v) is 3.59. The van der Waals surface area contributed by atoms with Gasteiger partial charge in [0.1, 0.15) is 5.60 Å². The van der Waals surface area contributed by atoms with Crippen molar-refractivity contribution < 1.29 is 9.53 Å². The first kappa shape index (κ1) is 14.1. The number of nitrogens with zero attached hydrogens (tertiary/aromatic N) is 2. The average molecular weight is 281 g/mol. The van der Waals surface area contributed by atoms with Gasteiger partial charge in [-0.05, 0) is 52.6 Å². The maximum atomic E-state index is 12.0. The van der Waals surface area contributed by atoms with Crippen molar-refractivity contribution in [1.82, 2.24) is 15.1 Å². The van der Waals surface area contributed by atoms with Crippen molar-refractivity contribution in [3.63, 3.8) is 0 Å². The number of carbonyl (C=O) groups excluding carboxylic acids is 1. The van der Waals surface area contributed by atoms with Gasteiger partial charge in [0, 0.05) is 31.7 Å². The molecule has 0 aromatic heterocycles. The van der Waals surface area contributed by atoms with Crippen molar-refractivity contribution in [1.29, 1.82) is 0 Å². The molecule has 2 aliphatic heterocycles. The van der Waals surface area contributed by atoms with E-state index < -0.39 is 5.60 Å². The third-order valence-corrected chi connectivity index (χ3v) is 4.67. The number of likely N-dealkylation sites (tertiary alicyclic amines) is 2. The quantitative estimate of drug-likeness (QED) is 0.824. The van der Waals surface area contributed by atoms with Gasteiger partial charge in [-0.15, -0.1) is 0 Å². The Morgan fingerprint density at radius 2 is 1.85 bits per heavy atom. The van der Waals surface area contributed by atoms with E-state index in [0.717, 1.165) is 19.6 Å². The molecule has 114 valence electrons. The molecule has 3 atom stereocenters. The van der Waals surface area contributed by atoms with Crippen LogP contribution in [0.3, 0.4) is 0 Å². The SMILES string of the molecule is CN1CCC(NC2C3CN(C(=O)OC(C)(C)C)CC32)C1. The second-order valence-electron chi connectivity index (χ2n) is 7.65. The number of piperidine rings is 1. The summed E-state index contributed by atoms with van der Waals surface area (Å²) in [6.45, 7) is 9.84. The van der Waals surface area contributed by atoms with E-state index in [2.05, 4.69) is 17.3 Å². The van der Waals surface area contributed by atoms with Gasteiger partial charge in [-0.1, -0.05) is 0 Å². The second-order valence-corrected chi connectivity index (χ2v) is 7.65. The number of carbonyl (C=O) groups is 1. The first-order valence-corrected chi connectivity index (χ1v) is 7.76. The third kappa shape index (κ3) is 2.93. The number of ether oxygens (including phenoxy) is 1. The standard InChI is InChI=1S/C15H27N3O2/c1-15(2,3)20-14(19)18-8-11-12(9-18)13(11)16-10-5-6-17(4)7-10/h10-13,16H,5-9H2,1-4H3. The highest BCUT2D eigenvalue weighted by Gasteiger charge is 2.57. The molecule has 3 unspecified atom stereocenters. The van der Waals surface area contributed by atoms with Crippen LogP contribution in [0.15, 0.2) is 0 Å². The lowest BCUT2D eigenvalue weighted by atomic mass is 10.2. The zero-order valence-electron chi connectivity index (χ0n) is 13.1. The van der Waals surface area contributed by atoms with Crippen LogP contribution in [-0.2, 0) is 4.74 Å². The molecular weight excluding hydrogens is 254 g/mol. The van der Waals surface area contributed by atoms with Crippen LogP contribution in [0.5, 0.6) is 0 Å². The molecular formula is C15H27N3O2. The van der Waals surface area contributed by atoms with Crippen molar-refractivity contribution in [3.8, 4) is 0 Å². The zero-order chi connectivity index (χ0) is 14.5. The molecule has 1 amide bonds. The van der Waals surface area contributed by atoms with E-state index in [1.54, 1.807) is 0 Å². The number of likely N-dealkylation sites (N-methyl/N-ethyl adjacent to an activating group) is 1. The summed E-state index contributed by atoms with van der Waals surface area (Å²) in [6.07, 6.45) is 1.10. The van der Waals surface area contributed by atoms with Crippen LogP contribution in [-0.4, -0.2) is 66.8 Å². The lowest BCUT2D eigenvalue weighted by molar-refractivity contribution is 0.0268. The summed E-state index contributed by atoms with van der Waals surface area (Å²) < 4.78 is 5.43. The summed E-state index contributed by atoms with van der Waals surface area (Å²) >= 11 is 0. The van der Waals surface area contributed by atoms with Gasteiger partial charge in [-0.3, -0.25) is 0 Å². The topological polar surface area (TPSA) is 44.8 Å². The molecule has 0 spiro atoms. The molecule has 0 aromatic carbocycles. The Labute approximate surface area is 121 Å². The molecule has 2 heterocycles. The monoisotopic (exact) mass is 281 g/mol. The number of nitrogens with one attached hydrogen (secondary N) is 1. The van der Waals surface area contributed by atoms with Gasteiger partial charge in [-0.2, -0.15) is 0 Å². The van der Waals surface area contributed by atoms with Crippen LogP contribution in [0.4, 0.5) is 4.79 Å². The normalized spacial score (nSPS) is 37.1. The summed E-state index contributed by atoms with van der Waals surface area (Å²) in [6, 6.07) is 1.27. The molecule has 0 radical (unpaired) electrons. The number of amides is 1. The number of fused-ring (bicyclic) bond motifs is 1. The third-order valence-electron chi connectivity index (χ3n) is 4.67. The van der Waals surface area contributed by atoms with E-state index in [-0.39, 0.29) is 6.09 Å². The van der Waals surface area contributed by atoms with Gasteiger partial charge in [-0.25, -0.2) is 4.79 Å². The second kappa shape index (κ2) is 4.88. The highest BCUT2D eigenvalue weighted by atomic mass is 16.6. The van der Waals surface area contributed by atoms with Gasteiger partial charge < -0.3 is 19.9 Å². The van der Waals surface area contributed by atoms with Crippen molar-refractivity contribution in [3.05, 3.63) is 0 Å². The summed E-state index contributed by atoms with van der Waals surface area (Å²) in [5.41, 5.74) is -0.393. The minimum atomic E-state index is -0.393. The molecule has 5 nitrogen and oxygen atoms in total. The lowest BCUT2D eigenvalue weighted by Gasteiger charge is -2.26. The van der Waals surface area contributed by atoms with E-state index in [9.17, 15) is 4.79 Å². The Bertz CT molecular complexity index is 381.